The Morgan fingerprint density at radius 2 is 1.91 bits per heavy atom. The highest BCUT2D eigenvalue weighted by Gasteiger charge is 2.21. The highest BCUT2D eigenvalue weighted by molar-refractivity contribution is 5.78. The van der Waals surface area contributed by atoms with Gasteiger partial charge in [0.05, 0.1) is 0 Å². The maximum absolute atomic E-state index is 12.3. The van der Waals surface area contributed by atoms with Gasteiger partial charge in [-0.1, -0.05) is 44.2 Å². The molecule has 0 spiro atoms. The van der Waals surface area contributed by atoms with E-state index in [9.17, 15) is 4.79 Å². The maximum atomic E-state index is 12.3. The van der Waals surface area contributed by atoms with Crippen molar-refractivity contribution < 1.29 is 4.79 Å². The number of hydrogen-bond donors (Lipinski definition) is 0. The van der Waals surface area contributed by atoms with Gasteiger partial charge in [-0.15, -0.1) is 0 Å². The number of carbonyl (C=O) groups is 1. The average molecular weight is 302 g/mol. The minimum atomic E-state index is 0.171. The normalized spacial score (nSPS) is 18.0. The molecule has 2 rings (SSSR count). The van der Waals surface area contributed by atoms with Crippen LogP contribution < -0.4 is 0 Å². The van der Waals surface area contributed by atoms with Crippen molar-refractivity contribution in [2.75, 3.05) is 32.7 Å². The van der Waals surface area contributed by atoms with Crippen molar-refractivity contribution in [3.05, 3.63) is 35.9 Å². The highest BCUT2D eigenvalue weighted by Crippen LogP contribution is 2.11. The van der Waals surface area contributed by atoms with Crippen LogP contribution >= 0.6 is 0 Å². The Bertz CT molecular complexity index is 446. The van der Waals surface area contributed by atoms with E-state index in [2.05, 4.69) is 47.1 Å². The lowest BCUT2D eigenvalue weighted by molar-refractivity contribution is -0.134. The van der Waals surface area contributed by atoms with E-state index < -0.39 is 0 Å². The van der Waals surface area contributed by atoms with Crippen molar-refractivity contribution in [2.45, 2.75) is 39.5 Å². The van der Waals surface area contributed by atoms with E-state index in [-0.39, 0.29) is 5.92 Å². The molecular formula is C19H30N2O. The van der Waals surface area contributed by atoms with Gasteiger partial charge < -0.3 is 9.80 Å². The maximum Gasteiger partial charge on any atom is 0.225 e. The molecule has 1 amide bonds. The van der Waals surface area contributed by atoms with Crippen LogP contribution in [0.3, 0.4) is 0 Å². The molecule has 0 saturated carbocycles. The first-order valence-corrected chi connectivity index (χ1v) is 8.75. The highest BCUT2D eigenvalue weighted by atomic mass is 16.2. The molecule has 1 aliphatic heterocycles. The molecule has 122 valence electrons. The molecule has 1 fully saturated rings. The Hall–Kier alpha value is -1.35. The van der Waals surface area contributed by atoms with Gasteiger partial charge in [-0.3, -0.25) is 4.79 Å². The smallest absolute Gasteiger partial charge is 0.225 e. The van der Waals surface area contributed by atoms with Crippen LogP contribution in [0.5, 0.6) is 0 Å². The van der Waals surface area contributed by atoms with Crippen molar-refractivity contribution in [2.24, 2.45) is 5.92 Å². The Morgan fingerprint density at radius 1 is 1.14 bits per heavy atom. The zero-order chi connectivity index (χ0) is 15.8. The van der Waals surface area contributed by atoms with E-state index in [0.717, 1.165) is 52.0 Å². The topological polar surface area (TPSA) is 23.6 Å². The molecular weight excluding hydrogens is 272 g/mol. The predicted octanol–water partition coefficient (Wildman–Crippen LogP) is 3.20. The van der Waals surface area contributed by atoms with E-state index in [4.69, 9.17) is 0 Å². The summed E-state index contributed by atoms with van der Waals surface area (Å²) in [5, 5.41) is 0. The van der Waals surface area contributed by atoms with Gasteiger partial charge in [-0.2, -0.15) is 0 Å². The fourth-order valence-corrected chi connectivity index (χ4v) is 3.05. The summed E-state index contributed by atoms with van der Waals surface area (Å²) in [7, 11) is 0. The van der Waals surface area contributed by atoms with Crippen molar-refractivity contribution in [1.82, 2.24) is 9.80 Å². The van der Waals surface area contributed by atoms with Crippen LogP contribution in [0.2, 0.25) is 0 Å². The fourth-order valence-electron chi connectivity index (χ4n) is 3.05. The van der Waals surface area contributed by atoms with E-state index in [0.29, 0.717) is 5.91 Å². The quantitative estimate of drug-likeness (QED) is 0.805. The van der Waals surface area contributed by atoms with Gasteiger partial charge in [0, 0.05) is 25.6 Å². The fraction of sp³-hybridized carbons (Fsp3) is 0.632. The van der Waals surface area contributed by atoms with E-state index in [1.54, 1.807) is 0 Å². The summed E-state index contributed by atoms with van der Waals surface area (Å²) in [5.41, 5.74) is 1.42. The minimum Gasteiger partial charge on any atom is -0.341 e. The van der Waals surface area contributed by atoms with Gasteiger partial charge in [-0.05, 0) is 44.3 Å². The first-order valence-electron chi connectivity index (χ1n) is 8.75. The van der Waals surface area contributed by atoms with Crippen molar-refractivity contribution in [3.63, 3.8) is 0 Å². The summed E-state index contributed by atoms with van der Waals surface area (Å²) in [6.45, 7) is 9.25. The molecule has 0 aliphatic carbocycles. The monoisotopic (exact) mass is 302 g/mol. The molecule has 1 heterocycles. The SMILES string of the molecule is CCC(C)C(=O)N1CCCN(CCCc2ccccc2)CC1. The Balaban J connectivity index is 1.72. The lowest BCUT2D eigenvalue weighted by atomic mass is 10.1. The Morgan fingerprint density at radius 3 is 2.64 bits per heavy atom. The first kappa shape index (κ1) is 17.0. The van der Waals surface area contributed by atoms with Gasteiger partial charge in [0.15, 0.2) is 0 Å². The van der Waals surface area contributed by atoms with Crippen LogP contribution in [0.15, 0.2) is 30.3 Å². The van der Waals surface area contributed by atoms with Crippen molar-refractivity contribution in [1.29, 1.82) is 0 Å². The minimum absolute atomic E-state index is 0.171. The number of carbonyl (C=O) groups excluding carboxylic acids is 1. The summed E-state index contributed by atoms with van der Waals surface area (Å²) in [6.07, 6.45) is 4.39. The number of nitrogens with zero attached hydrogens (tertiary/aromatic N) is 2. The largest absolute Gasteiger partial charge is 0.341 e. The molecule has 1 aromatic carbocycles. The molecule has 3 heteroatoms. The summed E-state index contributed by atoms with van der Waals surface area (Å²) in [5.74, 6) is 0.512. The standard InChI is InChI=1S/C19H30N2O/c1-3-17(2)19(22)21-14-8-13-20(15-16-21)12-7-11-18-9-5-4-6-10-18/h4-6,9-10,17H,3,7-8,11-16H2,1-2H3. The van der Waals surface area contributed by atoms with Gasteiger partial charge in [0.25, 0.3) is 0 Å². The van der Waals surface area contributed by atoms with Crippen LogP contribution in [0.4, 0.5) is 0 Å². The van der Waals surface area contributed by atoms with Gasteiger partial charge >= 0.3 is 0 Å². The molecule has 0 aromatic heterocycles. The van der Waals surface area contributed by atoms with Crippen LogP contribution in [0.1, 0.15) is 38.7 Å². The van der Waals surface area contributed by atoms with Gasteiger partial charge in [0.2, 0.25) is 5.91 Å². The molecule has 1 aromatic rings. The van der Waals surface area contributed by atoms with Crippen LogP contribution in [-0.2, 0) is 11.2 Å². The van der Waals surface area contributed by atoms with Crippen LogP contribution in [0, 0.1) is 5.92 Å². The lowest BCUT2D eigenvalue weighted by Crippen LogP contribution is -2.38. The number of amides is 1. The summed E-state index contributed by atoms with van der Waals surface area (Å²) < 4.78 is 0. The van der Waals surface area contributed by atoms with Crippen LogP contribution in [-0.4, -0.2) is 48.4 Å². The number of benzene rings is 1. The van der Waals surface area contributed by atoms with Crippen molar-refractivity contribution in [3.8, 4) is 0 Å². The Kier molecular flexibility index (Phi) is 6.91. The zero-order valence-electron chi connectivity index (χ0n) is 14.1. The van der Waals surface area contributed by atoms with Crippen LogP contribution in [0.25, 0.3) is 0 Å². The molecule has 1 aliphatic rings. The molecule has 0 N–H and O–H groups in total. The third-order valence-corrected chi connectivity index (χ3v) is 4.72. The third-order valence-electron chi connectivity index (χ3n) is 4.72. The first-order chi connectivity index (χ1) is 10.7. The second kappa shape index (κ2) is 8.94. The third kappa shape index (κ3) is 5.13. The number of hydrogen-bond acceptors (Lipinski definition) is 2. The molecule has 0 radical (unpaired) electrons. The van der Waals surface area contributed by atoms with Crippen molar-refractivity contribution >= 4 is 5.91 Å². The summed E-state index contributed by atoms with van der Waals surface area (Å²) >= 11 is 0. The molecule has 3 nitrogen and oxygen atoms in total. The molecule has 1 atom stereocenters. The van der Waals surface area contributed by atoms with E-state index in [1.165, 1.54) is 12.0 Å². The number of aryl methyl sites for hydroxylation is 1. The lowest BCUT2D eigenvalue weighted by Gasteiger charge is -2.24. The average Bonchev–Trinajstić information content (AvgIpc) is 2.80. The predicted molar refractivity (Wildman–Crippen MR) is 91.9 cm³/mol. The Labute approximate surface area is 135 Å². The second-order valence-corrected chi connectivity index (χ2v) is 6.42. The van der Waals surface area contributed by atoms with E-state index >= 15 is 0 Å². The molecule has 0 bridgehead atoms. The molecule has 1 saturated heterocycles. The van der Waals surface area contributed by atoms with E-state index in [1.807, 2.05) is 6.92 Å². The summed E-state index contributed by atoms with van der Waals surface area (Å²) in [4.78, 5) is 16.9. The molecule has 22 heavy (non-hydrogen) atoms. The second-order valence-electron chi connectivity index (χ2n) is 6.42. The van der Waals surface area contributed by atoms with Gasteiger partial charge in [0.1, 0.15) is 0 Å². The van der Waals surface area contributed by atoms with Gasteiger partial charge in [-0.25, -0.2) is 0 Å². The molecule has 1 unspecified atom stereocenters. The number of rotatable bonds is 6. The summed E-state index contributed by atoms with van der Waals surface area (Å²) in [6, 6.07) is 10.7. The zero-order valence-corrected chi connectivity index (χ0v) is 14.1.